The molecule has 10 heteroatoms. The number of aliphatic carboxylic acids is 2. The Labute approximate surface area is 202 Å². The van der Waals surface area contributed by atoms with Crippen molar-refractivity contribution in [2.75, 3.05) is 19.6 Å². The second-order valence-electron chi connectivity index (χ2n) is 7.86. The van der Waals surface area contributed by atoms with Gasteiger partial charge < -0.3 is 25.7 Å². The third-order valence-electron chi connectivity index (χ3n) is 5.06. The van der Waals surface area contributed by atoms with E-state index in [2.05, 4.69) is 40.5 Å². The molecule has 3 rings (SSSR count). The summed E-state index contributed by atoms with van der Waals surface area (Å²) in [6.07, 6.45) is -3.28. The van der Waals surface area contributed by atoms with Gasteiger partial charge in [0.15, 0.2) is 12.2 Å². The molecule has 0 aliphatic carbocycles. The predicted molar refractivity (Wildman–Crippen MR) is 125 cm³/mol. The molecule has 3 atom stereocenters. The molecule has 1 aliphatic rings. The third kappa shape index (κ3) is 9.67. The van der Waals surface area contributed by atoms with E-state index in [9.17, 15) is 9.59 Å². The Hall–Kier alpha value is -2.20. The summed E-state index contributed by atoms with van der Waals surface area (Å²) in [5, 5.41) is 37.4. The average molecular weight is 499 g/mol. The number of benzene rings is 2. The lowest BCUT2D eigenvalue weighted by atomic mass is 10.1. The SMILES string of the molecule is Clc1cc(Cl)cc(CN(Cc2ccccc2)C[C@@H]2CCNC2)c1.O=C(O)[C@H](O)[C@@H](O)C(=O)O. The fraction of sp³-hybridized carbons (Fsp3) is 0.391. The molecule has 2 aromatic carbocycles. The van der Waals surface area contributed by atoms with E-state index >= 15 is 0 Å². The monoisotopic (exact) mass is 498 g/mol. The van der Waals surface area contributed by atoms with Crippen LogP contribution in [0.4, 0.5) is 0 Å². The van der Waals surface area contributed by atoms with Crippen molar-refractivity contribution >= 4 is 35.1 Å². The van der Waals surface area contributed by atoms with Crippen LogP contribution in [0.15, 0.2) is 48.5 Å². The maximum atomic E-state index is 9.77. The molecule has 1 aliphatic heterocycles. The van der Waals surface area contributed by atoms with E-state index in [1.54, 1.807) is 6.07 Å². The number of nitrogens with zero attached hydrogens (tertiary/aromatic N) is 1. The first-order valence-electron chi connectivity index (χ1n) is 10.4. The van der Waals surface area contributed by atoms with Gasteiger partial charge >= 0.3 is 11.9 Å². The van der Waals surface area contributed by atoms with Crippen LogP contribution in [0.1, 0.15) is 17.5 Å². The Balaban J connectivity index is 0.000000328. The highest BCUT2D eigenvalue weighted by atomic mass is 35.5. The molecule has 1 fully saturated rings. The number of aliphatic hydroxyl groups excluding tert-OH is 2. The van der Waals surface area contributed by atoms with Crippen LogP contribution >= 0.6 is 23.2 Å². The molecule has 0 saturated carbocycles. The number of carbonyl (C=O) groups is 2. The van der Waals surface area contributed by atoms with E-state index < -0.39 is 24.1 Å². The molecule has 0 amide bonds. The summed E-state index contributed by atoms with van der Waals surface area (Å²) in [5.41, 5.74) is 2.51. The zero-order valence-electron chi connectivity index (χ0n) is 17.9. The fourth-order valence-corrected chi connectivity index (χ4v) is 4.06. The van der Waals surface area contributed by atoms with Gasteiger partial charge in [-0.15, -0.1) is 0 Å². The van der Waals surface area contributed by atoms with Crippen molar-refractivity contribution in [2.45, 2.75) is 31.7 Å². The van der Waals surface area contributed by atoms with Gasteiger partial charge in [-0.3, -0.25) is 4.90 Å². The van der Waals surface area contributed by atoms with Crippen LogP contribution in [0.25, 0.3) is 0 Å². The van der Waals surface area contributed by atoms with Crippen molar-refractivity contribution in [1.29, 1.82) is 0 Å². The summed E-state index contributed by atoms with van der Waals surface area (Å²) in [6.45, 7) is 5.15. The molecule has 1 heterocycles. The molecule has 2 aromatic rings. The van der Waals surface area contributed by atoms with Crippen LogP contribution in [-0.2, 0) is 22.7 Å². The number of hydrogen-bond donors (Lipinski definition) is 5. The van der Waals surface area contributed by atoms with E-state index in [1.807, 2.05) is 12.1 Å². The average Bonchev–Trinajstić information content (AvgIpc) is 3.26. The lowest BCUT2D eigenvalue weighted by Crippen LogP contribution is -2.39. The maximum Gasteiger partial charge on any atom is 0.335 e. The van der Waals surface area contributed by atoms with E-state index in [4.69, 9.17) is 43.6 Å². The minimum atomic E-state index is -2.27. The van der Waals surface area contributed by atoms with Gasteiger partial charge in [-0.25, -0.2) is 9.59 Å². The molecule has 5 N–H and O–H groups in total. The number of halogens is 2. The Morgan fingerprint density at radius 1 is 0.939 bits per heavy atom. The lowest BCUT2D eigenvalue weighted by molar-refractivity contribution is -0.165. The largest absolute Gasteiger partial charge is 0.479 e. The first-order chi connectivity index (χ1) is 15.7. The van der Waals surface area contributed by atoms with Gasteiger partial charge in [0.25, 0.3) is 0 Å². The number of aliphatic hydroxyl groups is 2. The Morgan fingerprint density at radius 3 is 1.97 bits per heavy atom. The van der Waals surface area contributed by atoms with Gasteiger partial charge in [0.05, 0.1) is 0 Å². The second-order valence-corrected chi connectivity index (χ2v) is 8.73. The van der Waals surface area contributed by atoms with Gasteiger partial charge in [-0.05, 0) is 54.8 Å². The summed E-state index contributed by atoms with van der Waals surface area (Å²) in [7, 11) is 0. The maximum absolute atomic E-state index is 9.77. The lowest BCUT2D eigenvalue weighted by Gasteiger charge is -2.25. The molecular formula is C23H28Cl2N2O6. The standard InChI is InChI=1S/C19H22Cl2N2.C4H6O6/c20-18-8-17(9-19(21)10-18)14-23(13-16-6-7-22-11-16)12-15-4-2-1-3-5-15;5-1(3(7)8)2(6)4(9)10/h1-5,8-10,16,22H,6-7,11-14H2;1-2,5-6H,(H,7,8)(H,9,10)/t16-;1-,2-/m11/s1. The number of carboxylic acids is 2. The minimum absolute atomic E-state index is 0.703. The van der Waals surface area contributed by atoms with Crippen molar-refractivity contribution in [1.82, 2.24) is 10.2 Å². The van der Waals surface area contributed by atoms with E-state index in [-0.39, 0.29) is 0 Å². The molecule has 8 nitrogen and oxygen atoms in total. The highest BCUT2D eigenvalue weighted by Crippen LogP contribution is 2.22. The highest BCUT2D eigenvalue weighted by molar-refractivity contribution is 6.34. The zero-order chi connectivity index (χ0) is 24.4. The van der Waals surface area contributed by atoms with Crippen LogP contribution < -0.4 is 5.32 Å². The molecule has 0 aromatic heterocycles. The van der Waals surface area contributed by atoms with E-state index in [0.29, 0.717) is 16.0 Å². The van der Waals surface area contributed by atoms with Gasteiger partial charge in [-0.2, -0.15) is 0 Å². The number of nitrogens with one attached hydrogen (secondary N) is 1. The quantitative estimate of drug-likeness (QED) is 0.356. The molecule has 180 valence electrons. The summed E-state index contributed by atoms with van der Waals surface area (Å²) >= 11 is 12.3. The molecule has 0 spiro atoms. The van der Waals surface area contributed by atoms with Crippen molar-refractivity contribution in [3.63, 3.8) is 0 Å². The van der Waals surface area contributed by atoms with Crippen molar-refractivity contribution in [3.8, 4) is 0 Å². The molecular weight excluding hydrogens is 471 g/mol. The van der Waals surface area contributed by atoms with Gasteiger partial charge in [0.2, 0.25) is 0 Å². The first kappa shape index (κ1) is 27.0. The summed E-state index contributed by atoms with van der Waals surface area (Å²) in [5.74, 6) is -2.82. The summed E-state index contributed by atoms with van der Waals surface area (Å²) < 4.78 is 0. The fourth-order valence-electron chi connectivity index (χ4n) is 3.49. The van der Waals surface area contributed by atoms with Crippen molar-refractivity contribution in [2.24, 2.45) is 5.92 Å². The Bertz CT molecular complexity index is 871. The Kier molecular flexibility index (Phi) is 11.1. The van der Waals surface area contributed by atoms with Crippen LogP contribution in [-0.4, -0.2) is 69.1 Å². The summed E-state index contributed by atoms with van der Waals surface area (Å²) in [6, 6.07) is 16.4. The Morgan fingerprint density at radius 2 is 1.48 bits per heavy atom. The second kappa shape index (κ2) is 13.5. The number of carboxylic acid groups (broad SMARTS) is 2. The molecule has 1 saturated heterocycles. The van der Waals surface area contributed by atoms with E-state index in [0.717, 1.165) is 32.7 Å². The smallest absolute Gasteiger partial charge is 0.335 e. The topological polar surface area (TPSA) is 130 Å². The van der Waals surface area contributed by atoms with Crippen LogP contribution in [0.2, 0.25) is 10.0 Å². The number of rotatable bonds is 9. The molecule has 0 unspecified atom stereocenters. The van der Waals surface area contributed by atoms with Crippen molar-refractivity contribution in [3.05, 3.63) is 69.7 Å². The van der Waals surface area contributed by atoms with Gasteiger partial charge in [-0.1, -0.05) is 53.5 Å². The van der Waals surface area contributed by atoms with Crippen molar-refractivity contribution < 1.29 is 30.0 Å². The molecule has 33 heavy (non-hydrogen) atoms. The zero-order valence-corrected chi connectivity index (χ0v) is 19.4. The summed E-state index contributed by atoms with van der Waals surface area (Å²) in [4.78, 5) is 22.0. The third-order valence-corrected chi connectivity index (χ3v) is 5.50. The molecule has 0 radical (unpaired) electrons. The minimum Gasteiger partial charge on any atom is -0.479 e. The van der Waals surface area contributed by atoms with Crippen LogP contribution in [0.5, 0.6) is 0 Å². The van der Waals surface area contributed by atoms with Gasteiger partial charge in [0, 0.05) is 29.7 Å². The van der Waals surface area contributed by atoms with Crippen LogP contribution in [0, 0.1) is 5.92 Å². The van der Waals surface area contributed by atoms with Crippen LogP contribution in [0.3, 0.4) is 0 Å². The van der Waals surface area contributed by atoms with E-state index in [1.165, 1.54) is 17.5 Å². The molecule has 0 bridgehead atoms. The number of hydrogen-bond acceptors (Lipinski definition) is 6. The normalized spacial score (nSPS) is 17.2. The first-order valence-corrected chi connectivity index (χ1v) is 11.1. The highest BCUT2D eigenvalue weighted by Gasteiger charge is 2.29. The predicted octanol–water partition coefficient (Wildman–Crippen LogP) is 2.48. The van der Waals surface area contributed by atoms with Gasteiger partial charge in [0.1, 0.15) is 0 Å².